The number of nitrogens with one attached hydrogen (secondary N) is 1. The number of aromatic nitrogens is 2. The fourth-order valence-electron chi connectivity index (χ4n) is 4.69. The Morgan fingerprint density at radius 1 is 1.10 bits per heavy atom. The van der Waals surface area contributed by atoms with E-state index in [-0.39, 0.29) is 18.5 Å². The molecule has 158 valence electrons. The topological polar surface area (TPSA) is 76.5 Å². The summed E-state index contributed by atoms with van der Waals surface area (Å²) in [6.07, 6.45) is 1.31. The second-order valence-electron chi connectivity index (χ2n) is 8.26. The number of nitrogens with zero attached hydrogens (tertiary/aromatic N) is 3. The van der Waals surface area contributed by atoms with Crippen molar-refractivity contribution in [3.05, 3.63) is 76.6 Å². The molecule has 2 aliphatic rings. The van der Waals surface area contributed by atoms with Gasteiger partial charge in [-0.15, -0.1) is 0 Å². The first-order valence-corrected chi connectivity index (χ1v) is 10.4. The lowest BCUT2D eigenvalue weighted by atomic mass is 9.91. The van der Waals surface area contributed by atoms with Crippen LogP contribution in [-0.2, 0) is 23.3 Å². The molecule has 1 N–H and O–H groups in total. The number of carbonyl (C=O) groups is 2. The molecule has 1 saturated heterocycles. The smallest absolute Gasteiger partial charge is 0.325 e. The highest BCUT2D eigenvalue weighted by Crippen LogP contribution is 2.43. The molecule has 1 aliphatic heterocycles. The number of amides is 3. The molecule has 0 saturated carbocycles. The number of aryl methyl sites for hydroxylation is 3. The minimum absolute atomic E-state index is 0.202. The van der Waals surface area contributed by atoms with Gasteiger partial charge >= 0.3 is 6.03 Å². The number of benzene rings is 2. The Labute approximate surface area is 180 Å². The zero-order valence-electron chi connectivity index (χ0n) is 17.8. The highest BCUT2D eigenvalue weighted by Gasteiger charge is 2.55. The molecular formula is C24H24N4O3. The summed E-state index contributed by atoms with van der Waals surface area (Å²) in [7, 11) is 1.60. The number of carbonyl (C=O) groups excluding carboxylic acids is 2. The normalized spacial score (nSPS) is 19.8. The second kappa shape index (κ2) is 6.97. The average molecular weight is 416 g/mol. The quantitative estimate of drug-likeness (QED) is 0.662. The summed E-state index contributed by atoms with van der Waals surface area (Å²) >= 11 is 0. The van der Waals surface area contributed by atoms with Gasteiger partial charge in [0.15, 0.2) is 0 Å². The summed E-state index contributed by atoms with van der Waals surface area (Å²) in [6.45, 7) is 4.19. The molecule has 2 heterocycles. The lowest BCUT2D eigenvalue weighted by Gasteiger charge is -2.22. The molecule has 1 aromatic heterocycles. The maximum atomic E-state index is 13.4. The van der Waals surface area contributed by atoms with E-state index in [0.717, 1.165) is 40.2 Å². The Hall–Kier alpha value is -3.61. The van der Waals surface area contributed by atoms with E-state index < -0.39 is 5.54 Å². The molecule has 1 unspecified atom stereocenters. The third-order valence-electron chi connectivity index (χ3n) is 6.25. The minimum Gasteiger partial charge on any atom is -0.497 e. The van der Waals surface area contributed by atoms with Crippen molar-refractivity contribution in [2.75, 3.05) is 7.11 Å². The van der Waals surface area contributed by atoms with Gasteiger partial charge in [-0.2, -0.15) is 5.10 Å². The van der Waals surface area contributed by atoms with Gasteiger partial charge in [0.2, 0.25) is 0 Å². The highest BCUT2D eigenvalue weighted by molar-refractivity contribution is 6.08. The molecule has 0 bridgehead atoms. The summed E-state index contributed by atoms with van der Waals surface area (Å²) in [5, 5.41) is 7.47. The largest absolute Gasteiger partial charge is 0.497 e. The molecule has 7 heteroatoms. The Morgan fingerprint density at radius 3 is 2.55 bits per heavy atom. The summed E-state index contributed by atoms with van der Waals surface area (Å²) < 4.78 is 7.22. The monoisotopic (exact) mass is 416 g/mol. The van der Waals surface area contributed by atoms with Gasteiger partial charge in [0.05, 0.1) is 25.0 Å². The van der Waals surface area contributed by atoms with Crippen molar-refractivity contribution >= 4 is 11.9 Å². The molecule has 31 heavy (non-hydrogen) atoms. The van der Waals surface area contributed by atoms with Crippen LogP contribution >= 0.6 is 0 Å². The van der Waals surface area contributed by atoms with E-state index in [4.69, 9.17) is 4.74 Å². The van der Waals surface area contributed by atoms with Crippen LogP contribution in [0.15, 0.2) is 48.5 Å². The van der Waals surface area contributed by atoms with E-state index in [9.17, 15) is 9.59 Å². The molecule has 1 spiro atoms. The van der Waals surface area contributed by atoms with Gasteiger partial charge < -0.3 is 10.1 Å². The van der Waals surface area contributed by atoms with E-state index in [1.807, 2.05) is 67.1 Å². The van der Waals surface area contributed by atoms with Crippen molar-refractivity contribution in [3.63, 3.8) is 0 Å². The fourth-order valence-corrected chi connectivity index (χ4v) is 4.69. The molecular weight excluding hydrogens is 392 g/mol. The van der Waals surface area contributed by atoms with Gasteiger partial charge in [0, 0.05) is 5.69 Å². The van der Waals surface area contributed by atoms with Crippen LogP contribution in [0.3, 0.4) is 0 Å². The van der Waals surface area contributed by atoms with Crippen LogP contribution in [0.2, 0.25) is 0 Å². The van der Waals surface area contributed by atoms with Crippen LogP contribution in [0, 0.1) is 13.8 Å². The lowest BCUT2D eigenvalue weighted by molar-refractivity contribution is -0.132. The minimum atomic E-state index is -0.995. The van der Waals surface area contributed by atoms with Gasteiger partial charge in [0.25, 0.3) is 5.91 Å². The summed E-state index contributed by atoms with van der Waals surface area (Å²) in [6, 6.07) is 15.2. The molecule has 0 radical (unpaired) electrons. The van der Waals surface area contributed by atoms with Crippen LogP contribution in [0.25, 0.3) is 5.69 Å². The van der Waals surface area contributed by atoms with Crippen molar-refractivity contribution in [1.82, 2.24) is 20.0 Å². The van der Waals surface area contributed by atoms with E-state index >= 15 is 0 Å². The number of methoxy groups -OCH3 is 1. The third kappa shape index (κ3) is 3.00. The Morgan fingerprint density at radius 2 is 1.87 bits per heavy atom. The first-order chi connectivity index (χ1) is 14.9. The molecule has 1 aliphatic carbocycles. The van der Waals surface area contributed by atoms with Gasteiger partial charge in [-0.05, 0) is 73.7 Å². The van der Waals surface area contributed by atoms with Crippen LogP contribution in [0.4, 0.5) is 4.79 Å². The number of fused-ring (bicyclic) bond motifs is 2. The number of ether oxygens (including phenoxy) is 1. The summed E-state index contributed by atoms with van der Waals surface area (Å²) in [4.78, 5) is 27.5. The van der Waals surface area contributed by atoms with Crippen molar-refractivity contribution in [1.29, 1.82) is 0 Å². The van der Waals surface area contributed by atoms with Crippen molar-refractivity contribution < 1.29 is 14.3 Å². The zero-order valence-corrected chi connectivity index (χ0v) is 17.8. The van der Waals surface area contributed by atoms with Gasteiger partial charge in [-0.1, -0.05) is 18.2 Å². The molecule has 1 atom stereocenters. The number of rotatable bonds is 4. The predicted molar refractivity (Wildman–Crippen MR) is 115 cm³/mol. The number of imide groups is 1. The number of hydrogen-bond donors (Lipinski definition) is 1. The maximum absolute atomic E-state index is 13.4. The van der Waals surface area contributed by atoms with Crippen LogP contribution in [-0.4, -0.2) is 33.7 Å². The third-order valence-corrected chi connectivity index (χ3v) is 6.25. The van der Waals surface area contributed by atoms with Crippen LogP contribution < -0.4 is 10.1 Å². The van der Waals surface area contributed by atoms with Crippen molar-refractivity contribution in [2.24, 2.45) is 0 Å². The average Bonchev–Trinajstić information content (AvgIpc) is 3.38. The molecule has 1 fully saturated rings. The Kier molecular flexibility index (Phi) is 4.36. The van der Waals surface area contributed by atoms with Gasteiger partial charge in [-0.25, -0.2) is 9.48 Å². The fraction of sp³-hybridized carbons (Fsp3) is 0.292. The Balaban J connectivity index is 1.40. The first-order valence-electron chi connectivity index (χ1n) is 10.4. The summed E-state index contributed by atoms with van der Waals surface area (Å²) in [5.41, 5.74) is 4.76. The van der Waals surface area contributed by atoms with E-state index in [1.165, 1.54) is 4.90 Å². The molecule has 3 aromatic rings. The highest BCUT2D eigenvalue weighted by atomic mass is 16.5. The Bertz CT molecular complexity index is 1200. The van der Waals surface area contributed by atoms with E-state index in [1.54, 1.807) is 7.11 Å². The van der Waals surface area contributed by atoms with Crippen molar-refractivity contribution in [3.8, 4) is 11.4 Å². The predicted octanol–water partition coefficient (Wildman–Crippen LogP) is 3.39. The zero-order chi connectivity index (χ0) is 21.8. The van der Waals surface area contributed by atoms with Gasteiger partial charge in [-0.3, -0.25) is 9.69 Å². The molecule has 2 aromatic carbocycles. The number of urea groups is 1. The standard InChI is InChI=1S/C24H24N4O3/c1-15-12-16(2)28(26-15)19-7-4-17(5-8-19)14-27-22(29)24(25-23(27)30)11-10-18-6-9-20(31-3)13-21(18)24/h4-9,12-13H,10-11,14H2,1-3H3,(H,25,30). The molecule has 5 rings (SSSR count). The molecule has 3 amide bonds. The maximum Gasteiger partial charge on any atom is 0.325 e. The van der Waals surface area contributed by atoms with Crippen LogP contribution in [0.5, 0.6) is 5.75 Å². The van der Waals surface area contributed by atoms with Gasteiger partial charge in [0.1, 0.15) is 11.3 Å². The number of hydrogen-bond acceptors (Lipinski definition) is 4. The first kappa shape index (κ1) is 19.4. The van der Waals surface area contributed by atoms with E-state index in [2.05, 4.69) is 10.4 Å². The van der Waals surface area contributed by atoms with Crippen LogP contribution in [0.1, 0.15) is 34.5 Å². The SMILES string of the molecule is COc1ccc2c(c1)C1(CC2)NC(=O)N(Cc2ccc(-n3nc(C)cc3C)cc2)C1=O. The second-order valence-corrected chi connectivity index (χ2v) is 8.26. The van der Waals surface area contributed by atoms with E-state index in [0.29, 0.717) is 12.2 Å². The summed E-state index contributed by atoms with van der Waals surface area (Å²) in [5.74, 6) is 0.479. The van der Waals surface area contributed by atoms with Crippen molar-refractivity contribution in [2.45, 2.75) is 38.8 Å². The molecule has 7 nitrogen and oxygen atoms in total. The lowest BCUT2D eigenvalue weighted by Crippen LogP contribution is -2.41.